The Bertz CT molecular complexity index is 632. The Morgan fingerprint density at radius 1 is 1.20 bits per heavy atom. The molecule has 0 amide bonds. The maximum atomic E-state index is 11.6. The van der Waals surface area contributed by atoms with E-state index in [-0.39, 0.29) is 5.78 Å². The van der Waals surface area contributed by atoms with Crippen LogP contribution in [0.2, 0.25) is 0 Å². The van der Waals surface area contributed by atoms with E-state index >= 15 is 0 Å². The summed E-state index contributed by atoms with van der Waals surface area (Å²) in [5.74, 6) is 0.908. The third-order valence-electron chi connectivity index (χ3n) is 4.67. The Morgan fingerprint density at radius 3 is 2.60 bits per heavy atom. The first-order valence-electron chi connectivity index (χ1n) is 7.75. The zero-order valence-corrected chi connectivity index (χ0v) is 12.5. The highest BCUT2D eigenvalue weighted by Crippen LogP contribution is 2.39. The van der Waals surface area contributed by atoms with Gasteiger partial charge in [-0.2, -0.15) is 0 Å². The second-order valence-electron chi connectivity index (χ2n) is 6.14. The fraction of sp³-hybridized carbons (Fsp3) is 0.500. The van der Waals surface area contributed by atoms with Crippen molar-refractivity contribution in [2.24, 2.45) is 0 Å². The van der Waals surface area contributed by atoms with E-state index in [9.17, 15) is 4.79 Å². The average Bonchev–Trinajstić information content (AvgIpc) is 2.72. The van der Waals surface area contributed by atoms with Crippen LogP contribution in [0.4, 0.5) is 0 Å². The number of carbonyl (C=O) groups excluding carboxylic acids is 1. The number of rotatable bonds is 3. The summed E-state index contributed by atoms with van der Waals surface area (Å²) >= 11 is 0. The molecule has 1 saturated carbocycles. The minimum Gasteiger partial charge on any atom is -0.337 e. The molecule has 2 aromatic rings. The number of hydrogen-bond acceptors (Lipinski definition) is 1. The summed E-state index contributed by atoms with van der Waals surface area (Å²) in [7, 11) is 0. The Morgan fingerprint density at radius 2 is 1.90 bits per heavy atom. The molecule has 0 aliphatic heterocycles. The monoisotopic (exact) mass is 269 g/mol. The van der Waals surface area contributed by atoms with Gasteiger partial charge in [-0.15, -0.1) is 0 Å². The van der Waals surface area contributed by atoms with Gasteiger partial charge in [0.05, 0.1) is 6.54 Å². The van der Waals surface area contributed by atoms with Crippen molar-refractivity contribution in [3.8, 4) is 0 Å². The highest BCUT2D eigenvalue weighted by molar-refractivity contribution is 5.88. The number of benzene rings is 1. The van der Waals surface area contributed by atoms with E-state index in [0.717, 1.165) is 0 Å². The highest BCUT2D eigenvalue weighted by atomic mass is 16.1. The predicted molar refractivity (Wildman–Crippen MR) is 83.2 cm³/mol. The lowest BCUT2D eigenvalue weighted by atomic mass is 9.83. The molecule has 1 aromatic heterocycles. The quantitative estimate of drug-likeness (QED) is 0.799. The first-order valence-corrected chi connectivity index (χ1v) is 7.75. The SMILES string of the molecule is CC(=O)Cn1c(C)c(C2CCCCC2)c2ccccc21. The molecule has 106 valence electrons. The summed E-state index contributed by atoms with van der Waals surface area (Å²) in [6.07, 6.45) is 6.66. The van der Waals surface area contributed by atoms with Crippen molar-refractivity contribution in [1.29, 1.82) is 0 Å². The van der Waals surface area contributed by atoms with Crippen LogP contribution in [0.25, 0.3) is 10.9 Å². The molecule has 0 spiro atoms. The van der Waals surface area contributed by atoms with Gasteiger partial charge in [-0.1, -0.05) is 37.5 Å². The van der Waals surface area contributed by atoms with Gasteiger partial charge in [0.2, 0.25) is 0 Å². The molecule has 0 atom stereocenters. The molecular weight excluding hydrogens is 246 g/mol. The summed E-state index contributed by atoms with van der Waals surface area (Å²) < 4.78 is 2.21. The van der Waals surface area contributed by atoms with Crippen molar-refractivity contribution in [2.45, 2.75) is 58.4 Å². The molecule has 3 rings (SSSR count). The summed E-state index contributed by atoms with van der Waals surface area (Å²) in [5, 5.41) is 1.36. The van der Waals surface area contributed by atoms with E-state index in [1.165, 1.54) is 54.3 Å². The van der Waals surface area contributed by atoms with Crippen LogP contribution >= 0.6 is 0 Å². The van der Waals surface area contributed by atoms with E-state index in [4.69, 9.17) is 0 Å². The number of hydrogen-bond donors (Lipinski definition) is 0. The van der Waals surface area contributed by atoms with E-state index in [1.54, 1.807) is 6.92 Å². The van der Waals surface area contributed by atoms with Gasteiger partial charge in [0.25, 0.3) is 0 Å². The number of fused-ring (bicyclic) bond motifs is 1. The summed E-state index contributed by atoms with van der Waals surface area (Å²) in [6.45, 7) is 4.36. The number of nitrogens with zero attached hydrogens (tertiary/aromatic N) is 1. The minimum absolute atomic E-state index is 0.226. The molecule has 0 unspecified atom stereocenters. The molecular formula is C18H23NO. The zero-order valence-electron chi connectivity index (χ0n) is 12.5. The smallest absolute Gasteiger partial charge is 0.149 e. The molecule has 2 heteroatoms. The lowest BCUT2D eigenvalue weighted by Gasteiger charge is -2.22. The first-order chi connectivity index (χ1) is 9.68. The topological polar surface area (TPSA) is 22.0 Å². The molecule has 1 aromatic carbocycles. The van der Waals surface area contributed by atoms with E-state index in [2.05, 4.69) is 35.8 Å². The lowest BCUT2D eigenvalue weighted by Crippen LogP contribution is -2.10. The van der Waals surface area contributed by atoms with Gasteiger partial charge in [-0.05, 0) is 44.2 Å². The highest BCUT2D eigenvalue weighted by Gasteiger charge is 2.23. The Balaban J connectivity index is 2.15. The molecule has 1 aliphatic carbocycles. The van der Waals surface area contributed by atoms with Crippen LogP contribution < -0.4 is 0 Å². The maximum absolute atomic E-state index is 11.6. The minimum atomic E-state index is 0.226. The van der Waals surface area contributed by atoms with E-state index in [1.807, 2.05) is 0 Å². The number of carbonyl (C=O) groups is 1. The summed E-state index contributed by atoms with van der Waals surface area (Å²) in [6, 6.07) is 8.57. The molecule has 1 heterocycles. The molecule has 0 N–H and O–H groups in total. The molecule has 1 aliphatic rings. The number of aromatic nitrogens is 1. The molecule has 2 nitrogen and oxygen atoms in total. The standard InChI is InChI=1S/C18H23NO/c1-13(20)12-19-14(2)18(15-8-4-3-5-9-15)16-10-6-7-11-17(16)19/h6-7,10-11,15H,3-5,8-9,12H2,1-2H3. The first kappa shape index (κ1) is 13.4. The Labute approximate surface area is 120 Å². The molecule has 0 saturated heterocycles. The lowest BCUT2D eigenvalue weighted by molar-refractivity contribution is -0.117. The van der Waals surface area contributed by atoms with Gasteiger partial charge in [0.15, 0.2) is 0 Å². The van der Waals surface area contributed by atoms with Crippen LogP contribution in [-0.4, -0.2) is 10.4 Å². The van der Waals surface area contributed by atoms with Crippen LogP contribution in [0.3, 0.4) is 0 Å². The Kier molecular flexibility index (Phi) is 3.64. The summed E-state index contributed by atoms with van der Waals surface area (Å²) in [4.78, 5) is 11.6. The van der Waals surface area contributed by atoms with Crippen molar-refractivity contribution in [3.63, 3.8) is 0 Å². The van der Waals surface area contributed by atoms with Gasteiger partial charge in [0.1, 0.15) is 5.78 Å². The van der Waals surface area contributed by atoms with Crippen molar-refractivity contribution in [2.75, 3.05) is 0 Å². The van der Waals surface area contributed by atoms with Crippen LogP contribution in [0.5, 0.6) is 0 Å². The molecule has 0 bridgehead atoms. The fourth-order valence-electron chi connectivity index (χ4n) is 3.79. The van der Waals surface area contributed by atoms with Gasteiger partial charge < -0.3 is 4.57 Å². The van der Waals surface area contributed by atoms with Gasteiger partial charge in [-0.25, -0.2) is 0 Å². The van der Waals surface area contributed by atoms with E-state index < -0.39 is 0 Å². The fourth-order valence-corrected chi connectivity index (χ4v) is 3.79. The molecule has 20 heavy (non-hydrogen) atoms. The third-order valence-corrected chi connectivity index (χ3v) is 4.67. The number of ketones is 1. The number of Topliss-reactive ketones (excluding diaryl/α,β-unsaturated/α-hetero) is 1. The van der Waals surface area contributed by atoms with Gasteiger partial charge >= 0.3 is 0 Å². The largest absolute Gasteiger partial charge is 0.337 e. The van der Waals surface area contributed by atoms with Crippen molar-refractivity contribution < 1.29 is 4.79 Å². The van der Waals surface area contributed by atoms with Crippen molar-refractivity contribution >= 4 is 16.7 Å². The normalized spacial score (nSPS) is 16.7. The van der Waals surface area contributed by atoms with Crippen molar-refractivity contribution in [3.05, 3.63) is 35.5 Å². The molecule has 1 fully saturated rings. The predicted octanol–water partition coefficient (Wildman–Crippen LogP) is 4.59. The number of para-hydroxylation sites is 1. The van der Waals surface area contributed by atoms with Crippen LogP contribution in [0, 0.1) is 6.92 Å². The second kappa shape index (κ2) is 5.43. The van der Waals surface area contributed by atoms with Gasteiger partial charge in [0, 0.05) is 16.6 Å². The van der Waals surface area contributed by atoms with Crippen LogP contribution in [0.1, 0.15) is 56.2 Å². The average molecular weight is 269 g/mol. The Hall–Kier alpha value is -1.57. The van der Waals surface area contributed by atoms with E-state index in [0.29, 0.717) is 12.5 Å². The second-order valence-corrected chi connectivity index (χ2v) is 6.14. The summed E-state index contributed by atoms with van der Waals surface area (Å²) in [5.41, 5.74) is 4.02. The van der Waals surface area contributed by atoms with Crippen LogP contribution in [-0.2, 0) is 11.3 Å². The third kappa shape index (κ3) is 2.28. The zero-order chi connectivity index (χ0) is 14.1. The maximum Gasteiger partial charge on any atom is 0.149 e. The van der Waals surface area contributed by atoms with Crippen molar-refractivity contribution in [1.82, 2.24) is 4.57 Å². The van der Waals surface area contributed by atoms with Crippen LogP contribution in [0.15, 0.2) is 24.3 Å². The van der Waals surface area contributed by atoms with Gasteiger partial charge in [-0.3, -0.25) is 4.79 Å². The molecule has 0 radical (unpaired) electrons.